The number of nitrogens with zero attached hydrogens (tertiary/aromatic N) is 4. The fourth-order valence-corrected chi connectivity index (χ4v) is 5.16. The maximum Gasteiger partial charge on any atom is 0.281 e. The number of sulfonamides is 1. The van der Waals surface area contributed by atoms with Crippen molar-refractivity contribution in [3.05, 3.63) is 78.2 Å². The number of anilines is 1. The molecule has 1 N–H and O–H groups in total. The van der Waals surface area contributed by atoms with E-state index in [0.29, 0.717) is 29.6 Å². The van der Waals surface area contributed by atoms with Gasteiger partial charge in [-0.2, -0.15) is 18.7 Å². The molecular weight excluding hydrogens is 478 g/mol. The first-order valence-electron chi connectivity index (χ1n) is 11.3. The van der Waals surface area contributed by atoms with E-state index in [0.717, 1.165) is 6.42 Å². The molecule has 0 bridgehead atoms. The highest BCUT2D eigenvalue weighted by molar-refractivity contribution is 7.90. The van der Waals surface area contributed by atoms with Gasteiger partial charge in [0.2, 0.25) is 5.88 Å². The van der Waals surface area contributed by atoms with Crippen LogP contribution in [0, 0.1) is 17.2 Å². The van der Waals surface area contributed by atoms with Gasteiger partial charge in [0.05, 0.1) is 17.2 Å². The van der Waals surface area contributed by atoms with Crippen molar-refractivity contribution < 1.29 is 17.9 Å². The number of allylic oxidation sites excluding steroid dienone is 5. The molecule has 1 aliphatic rings. The maximum atomic E-state index is 13.1. The number of pyridine rings is 2. The van der Waals surface area contributed by atoms with Gasteiger partial charge in [-0.25, -0.2) is 9.71 Å². The standard InChI is InChI=1S/C26H29N5O4S/c1-6-9-20(16-27)14-19(3)35-22-11-7-12-23(29-22)36(33,34)30-25(32)21-10-8-13-28-24(21)31-17-18(2)15-26(31,4)5/h6-14,18H,1,15,17H2,2-5H3,(H,30,32)/b19-14+,20-9+. The Morgan fingerprint density at radius 1 is 1.33 bits per heavy atom. The molecule has 0 aliphatic carbocycles. The van der Waals surface area contributed by atoms with Crippen molar-refractivity contribution in [3.8, 4) is 11.9 Å². The summed E-state index contributed by atoms with van der Waals surface area (Å²) in [5, 5.41) is 8.74. The molecule has 10 heteroatoms. The van der Waals surface area contributed by atoms with Crippen LogP contribution in [0.2, 0.25) is 0 Å². The Balaban J connectivity index is 1.84. The first-order valence-corrected chi connectivity index (χ1v) is 12.8. The van der Waals surface area contributed by atoms with Gasteiger partial charge in [-0.3, -0.25) is 4.79 Å². The normalized spacial score (nSPS) is 17.9. The monoisotopic (exact) mass is 507 g/mol. The molecule has 3 heterocycles. The lowest BCUT2D eigenvalue weighted by atomic mass is 9.97. The molecule has 1 amide bonds. The summed E-state index contributed by atoms with van der Waals surface area (Å²) in [5.41, 5.74) is 0.237. The van der Waals surface area contributed by atoms with E-state index in [1.165, 1.54) is 36.4 Å². The second kappa shape index (κ2) is 10.7. The Morgan fingerprint density at radius 3 is 2.72 bits per heavy atom. The molecule has 0 spiro atoms. The lowest BCUT2D eigenvalue weighted by molar-refractivity contribution is 0.0981. The number of carbonyl (C=O) groups is 1. The Kier molecular flexibility index (Phi) is 7.95. The van der Waals surface area contributed by atoms with Crippen molar-refractivity contribution in [2.24, 2.45) is 5.92 Å². The highest BCUT2D eigenvalue weighted by Crippen LogP contribution is 2.37. The minimum Gasteiger partial charge on any atom is -0.444 e. The molecule has 1 unspecified atom stereocenters. The largest absolute Gasteiger partial charge is 0.444 e. The summed E-state index contributed by atoms with van der Waals surface area (Å²) in [7, 11) is -4.32. The summed E-state index contributed by atoms with van der Waals surface area (Å²) in [6, 6.07) is 9.31. The van der Waals surface area contributed by atoms with E-state index >= 15 is 0 Å². The highest BCUT2D eigenvalue weighted by Gasteiger charge is 2.39. The van der Waals surface area contributed by atoms with Crippen LogP contribution in [0.1, 0.15) is 44.5 Å². The van der Waals surface area contributed by atoms with E-state index in [9.17, 15) is 13.2 Å². The molecule has 9 nitrogen and oxygen atoms in total. The van der Waals surface area contributed by atoms with Crippen LogP contribution in [-0.4, -0.2) is 36.4 Å². The molecule has 2 aromatic heterocycles. The molecule has 1 saturated heterocycles. The average Bonchev–Trinajstić information content (AvgIpc) is 3.10. The van der Waals surface area contributed by atoms with Crippen LogP contribution in [-0.2, 0) is 10.0 Å². The predicted octanol–water partition coefficient (Wildman–Crippen LogP) is 4.14. The van der Waals surface area contributed by atoms with Crippen molar-refractivity contribution in [2.45, 2.75) is 44.7 Å². The van der Waals surface area contributed by atoms with Crippen LogP contribution in [0.3, 0.4) is 0 Å². The number of amides is 1. The minimum atomic E-state index is -4.32. The molecule has 1 atom stereocenters. The van der Waals surface area contributed by atoms with E-state index in [1.54, 1.807) is 25.3 Å². The SMILES string of the molecule is C=C/C=C(C#N)\C=C(/C)Oc1cccc(S(=O)(=O)NC(=O)c2cccnc2N2CC(C)CC2(C)C)n1. The summed E-state index contributed by atoms with van der Waals surface area (Å²) < 4.78 is 33.7. The van der Waals surface area contributed by atoms with Gasteiger partial charge < -0.3 is 9.64 Å². The Morgan fingerprint density at radius 2 is 2.08 bits per heavy atom. The summed E-state index contributed by atoms with van der Waals surface area (Å²) in [6.07, 6.45) is 6.95. The summed E-state index contributed by atoms with van der Waals surface area (Å²) >= 11 is 0. The van der Waals surface area contributed by atoms with Crippen LogP contribution in [0.25, 0.3) is 0 Å². The number of aromatic nitrogens is 2. The first-order chi connectivity index (χ1) is 17.0. The van der Waals surface area contributed by atoms with Crippen LogP contribution >= 0.6 is 0 Å². The molecule has 0 aromatic carbocycles. The summed E-state index contributed by atoms with van der Waals surface area (Å²) in [6.45, 7) is 12.1. The van der Waals surface area contributed by atoms with Crippen molar-refractivity contribution >= 4 is 21.7 Å². The molecule has 0 saturated carbocycles. The van der Waals surface area contributed by atoms with Crippen LogP contribution < -0.4 is 14.4 Å². The van der Waals surface area contributed by atoms with Gasteiger partial charge in [-0.15, -0.1) is 0 Å². The number of nitrogens with one attached hydrogen (secondary N) is 1. The Bertz CT molecular complexity index is 1370. The van der Waals surface area contributed by atoms with Crippen LogP contribution in [0.4, 0.5) is 5.82 Å². The lowest BCUT2D eigenvalue weighted by Crippen LogP contribution is -2.41. The smallest absolute Gasteiger partial charge is 0.281 e. The summed E-state index contributed by atoms with van der Waals surface area (Å²) in [5.74, 6) is 0.350. The molecule has 36 heavy (non-hydrogen) atoms. The van der Waals surface area contributed by atoms with Crippen molar-refractivity contribution in [2.75, 3.05) is 11.4 Å². The highest BCUT2D eigenvalue weighted by atomic mass is 32.2. The van der Waals surface area contributed by atoms with Gasteiger partial charge in [0.25, 0.3) is 15.9 Å². The number of hydrogen-bond donors (Lipinski definition) is 1. The Hall–Kier alpha value is -3.97. The maximum absolute atomic E-state index is 13.1. The van der Waals surface area contributed by atoms with E-state index in [1.807, 2.05) is 11.0 Å². The minimum absolute atomic E-state index is 0.00941. The molecule has 0 radical (unpaired) electrons. The third kappa shape index (κ3) is 6.17. The molecule has 188 valence electrons. The number of rotatable bonds is 8. The van der Waals surface area contributed by atoms with E-state index in [2.05, 4.69) is 42.0 Å². The number of ether oxygens (including phenoxy) is 1. The first kappa shape index (κ1) is 26.6. The van der Waals surface area contributed by atoms with Gasteiger partial charge in [0.1, 0.15) is 11.6 Å². The topological polar surface area (TPSA) is 125 Å². The van der Waals surface area contributed by atoms with Crippen LogP contribution in [0.15, 0.2) is 77.7 Å². The zero-order valence-corrected chi connectivity index (χ0v) is 21.5. The van der Waals surface area contributed by atoms with Gasteiger partial charge in [-0.05, 0) is 63.5 Å². The molecular formula is C26H29N5O4S. The van der Waals surface area contributed by atoms with E-state index in [-0.39, 0.29) is 22.0 Å². The van der Waals surface area contributed by atoms with Gasteiger partial charge in [0, 0.05) is 24.3 Å². The third-order valence-electron chi connectivity index (χ3n) is 5.61. The second-order valence-corrected chi connectivity index (χ2v) is 10.8. The fourth-order valence-electron chi connectivity index (χ4n) is 4.24. The van der Waals surface area contributed by atoms with Crippen molar-refractivity contribution in [1.29, 1.82) is 5.26 Å². The quantitative estimate of drug-likeness (QED) is 0.321. The zero-order chi connectivity index (χ0) is 26.5. The summed E-state index contributed by atoms with van der Waals surface area (Å²) in [4.78, 5) is 23.6. The molecule has 3 rings (SSSR count). The van der Waals surface area contributed by atoms with E-state index in [4.69, 9.17) is 10.00 Å². The number of hydrogen-bond acceptors (Lipinski definition) is 8. The lowest BCUT2D eigenvalue weighted by Gasteiger charge is -2.33. The Labute approximate surface area is 211 Å². The zero-order valence-electron chi connectivity index (χ0n) is 20.7. The fraction of sp³-hybridized carbons (Fsp3) is 0.308. The molecule has 1 fully saturated rings. The second-order valence-electron chi connectivity index (χ2n) is 9.18. The number of nitriles is 1. The molecule has 2 aromatic rings. The van der Waals surface area contributed by atoms with Crippen molar-refractivity contribution in [1.82, 2.24) is 14.7 Å². The average molecular weight is 508 g/mol. The number of carbonyl (C=O) groups excluding carboxylic acids is 1. The van der Waals surface area contributed by atoms with Crippen LogP contribution in [0.5, 0.6) is 5.88 Å². The van der Waals surface area contributed by atoms with Gasteiger partial charge in [-0.1, -0.05) is 25.6 Å². The van der Waals surface area contributed by atoms with Gasteiger partial charge in [0.15, 0.2) is 5.03 Å². The third-order valence-corrected chi connectivity index (χ3v) is 6.84. The molecule has 1 aliphatic heterocycles. The van der Waals surface area contributed by atoms with Crippen molar-refractivity contribution in [3.63, 3.8) is 0 Å². The van der Waals surface area contributed by atoms with Gasteiger partial charge >= 0.3 is 0 Å². The van der Waals surface area contributed by atoms with E-state index < -0.39 is 15.9 Å². The predicted molar refractivity (Wildman–Crippen MR) is 137 cm³/mol.